The molecule has 0 radical (unpaired) electrons. The average molecular weight is 652 g/mol. The molecule has 0 fully saturated rings. The summed E-state index contributed by atoms with van der Waals surface area (Å²) in [5.74, 6) is -0.214. The number of rotatable bonds is 8. The summed E-state index contributed by atoms with van der Waals surface area (Å²) in [6, 6.07) is 3.75. The molecule has 4 atom stereocenters. The Hall–Kier alpha value is -3.36. The number of aliphatic hydroxyl groups is 1. The minimum absolute atomic E-state index is 0.0242. The fourth-order valence-corrected chi connectivity index (χ4v) is 6.60. The van der Waals surface area contributed by atoms with Crippen molar-refractivity contribution >= 4 is 27.6 Å². The molecule has 0 bridgehead atoms. The van der Waals surface area contributed by atoms with Crippen LogP contribution in [-0.4, -0.2) is 98.1 Å². The van der Waals surface area contributed by atoms with E-state index in [-0.39, 0.29) is 64.8 Å². The summed E-state index contributed by atoms with van der Waals surface area (Å²) in [7, 11) is -2.37. The third-order valence-corrected chi connectivity index (χ3v) is 9.38. The summed E-state index contributed by atoms with van der Waals surface area (Å²) < 4.78 is 46.6. The smallest absolute Gasteiger partial charge is 0.317 e. The fourth-order valence-electron chi connectivity index (χ4n) is 5.22. The van der Waals surface area contributed by atoms with E-state index in [0.29, 0.717) is 25.3 Å². The van der Waals surface area contributed by atoms with E-state index in [1.54, 1.807) is 35.9 Å². The first-order valence-electron chi connectivity index (χ1n) is 15.5. The van der Waals surface area contributed by atoms with Crippen molar-refractivity contribution in [2.45, 2.75) is 96.9 Å². The second-order valence-corrected chi connectivity index (χ2v) is 13.9. The summed E-state index contributed by atoms with van der Waals surface area (Å²) in [5, 5.41) is 16.8. The number of carbonyl (C=O) groups excluding carboxylic acids is 2. The largest absolute Gasteiger partial charge is 0.490 e. The van der Waals surface area contributed by atoms with Crippen LogP contribution in [0, 0.1) is 19.8 Å². The number of likely N-dealkylation sites (N-methyl/N-ethyl adjacent to an activating group) is 1. The van der Waals surface area contributed by atoms with E-state index in [0.717, 1.165) is 12.8 Å². The van der Waals surface area contributed by atoms with Crippen molar-refractivity contribution in [3.63, 3.8) is 0 Å². The van der Waals surface area contributed by atoms with Gasteiger partial charge in [-0.05, 0) is 79.0 Å². The molecule has 45 heavy (non-hydrogen) atoms. The van der Waals surface area contributed by atoms with Crippen molar-refractivity contribution in [2.75, 3.05) is 38.1 Å². The number of hydrogen-bond donors (Lipinski definition) is 3. The molecule has 1 aliphatic heterocycles. The molecule has 3 N–H and O–H groups in total. The maximum Gasteiger partial charge on any atom is 0.317 e. The van der Waals surface area contributed by atoms with Gasteiger partial charge in [0.25, 0.3) is 15.9 Å². The summed E-state index contributed by atoms with van der Waals surface area (Å²) in [5.41, 5.74) is 0.520. The highest BCUT2D eigenvalue weighted by molar-refractivity contribution is 7.92. The number of hydrogen-bond acceptors (Lipinski definition) is 9. The zero-order chi connectivity index (χ0) is 33.5. The summed E-state index contributed by atoms with van der Waals surface area (Å²) in [4.78, 5) is 30.0. The highest BCUT2D eigenvalue weighted by Gasteiger charge is 2.32. The van der Waals surface area contributed by atoms with Crippen LogP contribution in [0.5, 0.6) is 5.75 Å². The number of nitrogens with one attached hydrogen (secondary N) is 2. The molecule has 2 heterocycles. The highest BCUT2D eigenvalue weighted by atomic mass is 32.2. The molecule has 14 heteroatoms. The monoisotopic (exact) mass is 651 g/mol. The summed E-state index contributed by atoms with van der Waals surface area (Å²) in [6.45, 7) is 13.1. The van der Waals surface area contributed by atoms with Gasteiger partial charge in [0.15, 0.2) is 10.7 Å². The zero-order valence-electron chi connectivity index (χ0n) is 27.6. The van der Waals surface area contributed by atoms with E-state index in [9.17, 15) is 23.1 Å². The molecule has 252 valence electrons. The minimum Gasteiger partial charge on any atom is -0.490 e. The summed E-state index contributed by atoms with van der Waals surface area (Å²) >= 11 is 0. The first-order valence-corrected chi connectivity index (χ1v) is 16.9. The Morgan fingerprint density at radius 3 is 2.53 bits per heavy atom. The molecular formula is C31H49N5O8S. The van der Waals surface area contributed by atoms with E-state index in [1.807, 2.05) is 27.7 Å². The zero-order valence-corrected chi connectivity index (χ0v) is 28.4. The number of urea groups is 1. The molecule has 0 unspecified atom stereocenters. The molecule has 0 spiro atoms. The predicted molar refractivity (Wildman–Crippen MR) is 170 cm³/mol. The molecule has 0 saturated carbocycles. The third kappa shape index (κ3) is 9.57. The van der Waals surface area contributed by atoms with E-state index in [2.05, 4.69) is 15.2 Å². The Morgan fingerprint density at radius 1 is 1.20 bits per heavy atom. The molecular weight excluding hydrogens is 602 g/mol. The number of sulfonamides is 1. The topological polar surface area (TPSA) is 164 Å². The van der Waals surface area contributed by atoms with Crippen LogP contribution in [-0.2, 0) is 14.8 Å². The van der Waals surface area contributed by atoms with Crippen molar-refractivity contribution in [3.8, 4) is 5.75 Å². The second-order valence-electron chi connectivity index (χ2n) is 12.3. The number of fused-ring (bicyclic) bond motifs is 1. The normalized spacial score (nSPS) is 21.0. The van der Waals surface area contributed by atoms with Crippen molar-refractivity contribution < 1.29 is 37.1 Å². The van der Waals surface area contributed by atoms with Gasteiger partial charge in [-0.25, -0.2) is 13.2 Å². The lowest BCUT2D eigenvalue weighted by atomic mass is 10.0. The van der Waals surface area contributed by atoms with Gasteiger partial charge >= 0.3 is 6.03 Å². The van der Waals surface area contributed by atoms with E-state index in [1.165, 1.54) is 19.9 Å². The number of benzene rings is 1. The quantitative estimate of drug-likeness (QED) is 0.384. The van der Waals surface area contributed by atoms with Gasteiger partial charge in [-0.1, -0.05) is 12.1 Å². The Bertz CT molecular complexity index is 1390. The standard InChI is InChI=1S/C31H49N5O8S/c1-19(2)32-31(39)35(8)17-28-20(3)16-36(21(4)18-37)30(38)26-15-25(34-45(40,41)29-23(6)33-44-24(29)7)12-13-27(26)43-22(5)11-9-10-14-42-28/h12-13,15,19-22,28,34,37H,9-11,14,16-18H2,1-8H3,(H,32,39)/t20-,21-,22+,28-/m1/s1. The minimum atomic E-state index is -4.08. The van der Waals surface area contributed by atoms with Crippen molar-refractivity contribution in [1.29, 1.82) is 0 Å². The predicted octanol–water partition coefficient (Wildman–Crippen LogP) is 3.94. The van der Waals surface area contributed by atoms with Gasteiger partial charge in [0.1, 0.15) is 11.4 Å². The Labute approximate surface area is 266 Å². The first-order chi connectivity index (χ1) is 21.1. The number of aromatic nitrogens is 1. The van der Waals surface area contributed by atoms with Crippen molar-refractivity contribution in [1.82, 2.24) is 20.3 Å². The van der Waals surface area contributed by atoms with Gasteiger partial charge in [0.2, 0.25) is 0 Å². The molecule has 1 aliphatic rings. The maximum atomic E-state index is 14.3. The van der Waals surface area contributed by atoms with Crippen molar-refractivity contribution in [2.24, 2.45) is 5.92 Å². The lowest BCUT2D eigenvalue weighted by Gasteiger charge is -2.36. The average Bonchev–Trinajstić information content (AvgIpc) is 3.32. The van der Waals surface area contributed by atoms with E-state index >= 15 is 0 Å². The number of aryl methyl sites for hydroxylation is 2. The lowest BCUT2D eigenvalue weighted by molar-refractivity contribution is -0.0122. The summed E-state index contributed by atoms with van der Waals surface area (Å²) in [6.07, 6.45) is 1.67. The van der Waals surface area contributed by atoms with Crippen LogP contribution in [0.15, 0.2) is 27.6 Å². The van der Waals surface area contributed by atoms with Crippen LogP contribution in [0.1, 0.15) is 75.7 Å². The van der Waals surface area contributed by atoms with Gasteiger partial charge in [0, 0.05) is 44.4 Å². The lowest BCUT2D eigenvalue weighted by Crippen LogP contribution is -2.49. The van der Waals surface area contributed by atoms with Crippen LogP contribution in [0.2, 0.25) is 0 Å². The van der Waals surface area contributed by atoms with Crippen LogP contribution >= 0.6 is 0 Å². The number of anilines is 1. The number of nitrogens with zero attached hydrogens (tertiary/aromatic N) is 3. The molecule has 1 aromatic carbocycles. The van der Waals surface area contributed by atoms with Crippen LogP contribution in [0.3, 0.4) is 0 Å². The molecule has 0 saturated heterocycles. The SMILES string of the molecule is Cc1noc(C)c1S(=O)(=O)Nc1ccc2c(c1)C(=O)N([C@H](C)CO)C[C@@H](C)[C@@H](CN(C)C(=O)NC(C)C)OCCCC[C@H](C)O2. The Balaban J connectivity index is 2.00. The number of aliphatic hydroxyl groups excluding tert-OH is 1. The fraction of sp³-hybridized carbons (Fsp3) is 0.645. The van der Waals surface area contributed by atoms with Gasteiger partial charge in [-0.2, -0.15) is 0 Å². The van der Waals surface area contributed by atoms with Gasteiger partial charge in [0.05, 0.1) is 30.4 Å². The molecule has 0 aliphatic carbocycles. The number of carbonyl (C=O) groups is 2. The van der Waals surface area contributed by atoms with Gasteiger partial charge in [-0.15, -0.1) is 0 Å². The van der Waals surface area contributed by atoms with Gasteiger partial charge in [-0.3, -0.25) is 9.52 Å². The van der Waals surface area contributed by atoms with Crippen LogP contribution in [0.25, 0.3) is 0 Å². The van der Waals surface area contributed by atoms with Crippen LogP contribution < -0.4 is 14.8 Å². The second kappa shape index (κ2) is 15.8. The number of ether oxygens (including phenoxy) is 2. The van der Waals surface area contributed by atoms with Gasteiger partial charge < -0.3 is 34.2 Å². The molecule has 3 rings (SSSR count). The van der Waals surface area contributed by atoms with Crippen LogP contribution in [0.4, 0.5) is 10.5 Å². The maximum absolute atomic E-state index is 14.3. The molecule has 1 aromatic heterocycles. The van der Waals surface area contributed by atoms with Crippen molar-refractivity contribution in [3.05, 3.63) is 35.2 Å². The highest BCUT2D eigenvalue weighted by Crippen LogP contribution is 2.30. The van der Waals surface area contributed by atoms with E-state index in [4.69, 9.17) is 14.0 Å². The Kier molecular flexibility index (Phi) is 12.7. The Morgan fingerprint density at radius 2 is 1.91 bits per heavy atom. The first kappa shape index (κ1) is 36.1. The molecule has 3 amide bonds. The molecule has 13 nitrogen and oxygen atoms in total. The third-order valence-electron chi connectivity index (χ3n) is 7.75. The molecule has 2 aromatic rings. The van der Waals surface area contributed by atoms with E-state index < -0.39 is 28.1 Å². The number of amides is 3.